The first-order chi connectivity index (χ1) is 11.4. The number of carbonyl (C=O) groups excluding carboxylic acids is 2. The minimum atomic E-state index is -0.215. The Morgan fingerprint density at radius 2 is 2.00 bits per heavy atom. The van der Waals surface area contributed by atoms with E-state index in [0.717, 1.165) is 24.9 Å². The quantitative estimate of drug-likeness (QED) is 0.832. The van der Waals surface area contributed by atoms with E-state index in [1.165, 1.54) is 0 Å². The second-order valence-corrected chi connectivity index (χ2v) is 7.19. The van der Waals surface area contributed by atoms with Gasteiger partial charge in [-0.3, -0.25) is 9.59 Å². The van der Waals surface area contributed by atoms with Gasteiger partial charge in [0.25, 0.3) is 0 Å². The third-order valence-corrected chi connectivity index (χ3v) is 4.74. The number of nitrogens with zero attached hydrogens (tertiary/aromatic N) is 1. The van der Waals surface area contributed by atoms with Crippen LogP contribution in [0.25, 0.3) is 0 Å². The Kier molecular flexibility index (Phi) is 6.37. The largest absolute Gasteiger partial charge is 0.355 e. The fourth-order valence-electron chi connectivity index (χ4n) is 3.24. The van der Waals surface area contributed by atoms with Gasteiger partial charge in [-0.2, -0.15) is 0 Å². The van der Waals surface area contributed by atoms with Gasteiger partial charge in [-0.25, -0.2) is 0 Å². The predicted molar refractivity (Wildman–Crippen MR) is 95.5 cm³/mol. The van der Waals surface area contributed by atoms with Crippen molar-refractivity contribution in [3.8, 4) is 0 Å². The first kappa shape index (κ1) is 18.5. The fraction of sp³-hybridized carbons (Fsp3) is 0.579. The molecule has 0 saturated carbocycles. The van der Waals surface area contributed by atoms with Crippen molar-refractivity contribution in [3.05, 3.63) is 35.9 Å². The van der Waals surface area contributed by atoms with Crippen LogP contribution in [0.1, 0.15) is 38.7 Å². The summed E-state index contributed by atoms with van der Waals surface area (Å²) in [5, 5.41) is 2.83. The van der Waals surface area contributed by atoms with E-state index in [1.54, 1.807) is 0 Å². The first-order valence-corrected chi connectivity index (χ1v) is 8.75. The van der Waals surface area contributed by atoms with Gasteiger partial charge in [0.2, 0.25) is 11.8 Å². The molecule has 1 fully saturated rings. The lowest BCUT2D eigenvalue weighted by Gasteiger charge is -2.34. The van der Waals surface area contributed by atoms with Gasteiger partial charge in [-0.1, -0.05) is 44.2 Å². The van der Waals surface area contributed by atoms with E-state index in [4.69, 9.17) is 5.73 Å². The second kappa shape index (κ2) is 8.29. The Bertz CT molecular complexity index is 557. The minimum absolute atomic E-state index is 0.0141. The summed E-state index contributed by atoms with van der Waals surface area (Å²) in [6.07, 6.45) is 2.16. The van der Waals surface area contributed by atoms with Crippen molar-refractivity contribution >= 4 is 11.8 Å². The average Bonchev–Trinajstić information content (AvgIpc) is 2.60. The van der Waals surface area contributed by atoms with Crippen LogP contribution in [0, 0.1) is 5.92 Å². The maximum Gasteiger partial charge on any atom is 0.224 e. The molecule has 2 amide bonds. The summed E-state index contributed by atoms with van der Waals surface area (Å²) in [5.74, 6) is 0.0227. The van der Waals surface area contributed by atoms with Crippen molar-refractivity contribution in [1.29, 1.82) is 0 Å². The number of nitrogens with one attached hydrogen (secondary N) is 1. The first-order valence-electron chi connectivity index (χ1n) is 8.75. The average molecular weight is 331 g/mol. The smallest absolute Gasteiger partial charge is 0.224 e. The number of amides is 2. The number of nitrogens with two attached hydrogens (primary N) is 1. The molecule has 0 radical (unpaired) electrons. The van der Waals surface area contributed by atoms with Gasteiger partial charge in [0.15, 0.2) is 0 Å². The molecule has 132 valence electrons. The van der Waals surface area contributed by atoms with Crippen LogP contribution in [-0.2, 0) is 15.0 Å². The van der Waals surface area contributed by atoms with Crippen molar-refractivity contribution in [2.75, 3.05) is 26.2 Å². The minimum Gasteiger partial charge on any atom is -0.355 e. The second-order valence-electron chi connectivity index (χ2n) is 7.19. The fourth-order valence-corrected chi connectivity index (χ4v) is 3.24. The summed E-state index contributed by atoms with van der Waals surface area (Å²) < 4.78 is 0. The van der Waals surface area contributed by atoms with Crippen molar-refractivity contribution in [3.63, 3.8) is 0 Å². The van der Waals surface area contributed by atoms with E-state index >= 15 is 0 Å². The van der Waals surface area contributed by atoms with Crippen LogP contribution in [-0.4, -0.2) is 42.9 Å². The molecule has 5 heteroatoms. The zero-order chi connectivity index (χ0) is 17.6. The third kappa shape index (κ3) is 4.81. The molecule has 0 aliphatic carbocycles. The maximum absolute atomic E-state index is 12.7. The number of carbonyl (C=O) groups is 2. The molecule has 1 atom stereocenters. The SMILES string of the molecule is CC(C)(CC(=O)N1CCCC(C(=O)NCCN)C1)c1ccccc1. The molecule has 24 heavy (non-hydrogen) atoms. The lowest BCUT2D eigenvalue weighted by molar-refractivity contribution is -0.136. The van der Waals surface area contributed by atoms with Crippen molar-refractivity contribution in [1.82, 2.24) is 10.2 Å². The van der Waals surface area contributed by atoms with Crippen LogP contribution >= 0.6 is 0 Å². The van der Waals surface area contributed by atoms with Crippen molar-refractivity contribution < 1.29 is 9.59 Å². The van der Waals surface area contributed by atoms with Crippen molar-refractivity contribution in [2.45, 2.75) is 38.5 Å². The van der Waals surface area contributed by atoms with Gasteiger partial charge in [0.1, 0.15) is 0 Å². The van der Waals surface area contributed by atoms with Crippen LogP contribution < -0.4 is 11.1 Å². The zero-order valence-electron chi connectivity index (χ0n) is 14.8. The molecule has 1 aromatic rings. The third-order valence-electron chi connectivity index (χ3n) is 4.74. The molecule has 0 bridgehead atoms. The van der Waals surface area contributed by atoms with Crippen LogP contribution in [0.3, 0.4) is 0 Å². The molecule has 1 aromatic carbocycles. The zero-order valence-corrected chi connectivity index (χ0v) is 14.8. The number of rotatable bonds is 6. The summed E-state index contributed by atoms with van der Waals surface area (Å²) in [5.41, 5.74) is 6.37. The maximum atomic E-state index is 12.7. The van der Waals surface area contributed by atoms with Crippen molar-refractivity contribution in [2.24, 2.45) is 11.7 Å². The molecule has 2 rings (SSSR count). The summed E-state index contributed by atoms with van der Waals surface area (Å²) >= 11 is 0. The van der Waals surface area contributed by atoms with Crippen LogP contribution in [0.4, 0.5) is 0 Å². The lowest BCUT2D eigenvalue weighted by atomic mass is 9.81. The van der Waals surface area contributed by atoms with E-state index in [-0.39, 0.29) is 23.1 Å². The van der Waals surface area contributed by atoms with E-state index in [2.05, 4.69) is 31.3 Å². The highest BCUT2D eigenvalue weighted by atomic mass is 16.2. The molecule has 1 aliphatic heterocycles. The van der Waals surface area contributed by atoms with Gasteiger partial charge in [0, 0.05) is 32.6 Å². The lowest BCUT2D eigenvalue weighted by Crippen LogP contribution is -2.47. The highest BCUT2D eigenvalue weighted by molar-refractivity contribution is 5.82. The molecule has 1 unspecified atom stereocenters. The number of likely N-dealkylation sites (tertiary alicyclic amines) is 1. The van der Waals surface area contributed by atoms with E-state index in [0.29, 0.717) is 26.1 Å². The monoisotopic (exact) mass is 331 g/mol. The van der Waals surface area contributed by atoms with Gasteiger partial charge in [0.05, 0.1) is 5.92 Å². The standard InChI is InChI=1S/C19H29N3O2/c1-19(2,16-8-4-3-5-9-16)13-17(23)22-12-6-7-15(14-22)18(24)21-11-10-20/h3-5,8-9,15H,6-7,10-14,20H2,1-2H3,(H,21,24). The molecule has 1 aliphatic rings. The van der Waals surface area contributed by atoms with Gasteiger partial charge in [-0.05, 0) is 23.8 Å². The molecule has 1 heterocycles. The number of benzene rings is 1. The Morgan fingerprint density at radius 3 is 2.67 bits per heavy atom. The number of hydrogen-bond donors (Lipinski definition) is 2. The van der Waals surface area contributed by atoms with Crippen LogP contribution in [0.2, 0.25) is 0 Å². The summed E-state index contributed by atoms with van der Waals surface area (Å²) in [7, 11) is 0. The summed E-state index contributed by atoms with van der Waals surface area (Å²) in [6.45, 7) is 6.37. The van der Waals surface area contributed by atoms with E-state index in [9.17, 15) is 9.59 Å². The highest BCUT2D eigenvalue weighted by Crippen LogP contribution is 2.28. The molecule has 5 nitrogen and oxygen atoms in total. The van der Waals surface area contributed by atoms with Gasteiger partial charge < -0.3 is 16.0 Å². The topological polar surface area (TPSA) is 75.4 Å². The molecular formula is C19H29N3O2. The number of piperidine rings is 1. The molecule has 0 aromatic heterocycles. The summed E-state index contributed by atoms with van der Waals surface area (Å²) in [6, 6.07) is 10.1. The molecule has 1 saturated heterocycles. The number of hydrogen-bond acceptors (Lipinski definition) is 3. The van der Waals surface area contributed by atoms with Crippen LogP contribution in [0.15, 0.2) is 30.3 Å². The Hall–Kier alpha value is -1.88. The summed E-state index contributed by atoms with van der Waals surface area (Å²) in [4.78, 5) is 26.7. The van der Waals surface area contributed by atoms with Gasteiger partial charge in [-0.15, -0.1) is 0 Å². The van der Waals surface area contributed by atoms with Crippen LogP contribution in [0.5, 0.6) is 0 Å². The molecular weight excluding hydrogens is 302 g/mol. The predicted octanol–water partition coefficient (Wildman–Crippen LogP) is 1.67. The Morgan fingerprint density at radius 1 is 1.29 bits per heavy atom. The highest BCUT2D eigenvalue weighted by Gasteiger charge is 2.31. The van der Waals surface area contributed by atoms with E-state index < -0.39 is 0 Å². The normalized spacial score (nSPS) is 18.3. The van der Waals surface area contributed by atoms with Gasteiger partial charge >= 0.3 is 0 Å². The van der Waals surface area contributed by atoms with E-state index in [1.807, 2.05) is 23.1 Å². The Balaban J connectivity index is 1.95. The molecule has 3 N–H and O–H groups in total. The Labute approximate surface area is 144 Å². The molecule has 0 spiro atoms.